The number of rotatable bonds is 2. The third kappa shape index (κ3) is 2.14. The zero-order valence-corrected chi connectivity index (χ0v) is 10.2. The molecule has 3 rings (SSSR count). The summed E-state index contributed by atoms with van der Waals surface area (Å²) in [6.07, 6.45) is 7.17. The van der Waals surface area contributed by atoms with Gasteiger partial charge in [-0.3, -0.25) is 5.10 Å². The Kier molecular flexibility index (Phi) is 2.75. The fourth-order valence-corrected chi connectivity index (χ4v) is 2.72. The third-order valence-electron chi connectivity index (χ3n) is 3.86. The van der Waals surface area contributed by atoms with Crippen LogP contribution in [0.15, 0.2) is 24.4 Å². The van der Waals surface area contributed by atoms with Crippen LogP contribution in [0.2, 0.25) is 0 Å². The second kappa shape index (κ2) is 4.40. The van der Waals surface area contributed by atoms with Crippen LogP contribution in [0.3, 0.4) is 0 Å². The van der Waals surface area contributed by atoms with Crippen LogP contribution in [0, 0.1) is 5.92 Å². The van der Waals surface area contributed by atoms with Gasteiger partial charge in [-0.1, -0.05) is 13.0 Å². The third-order valence-corrected chi connectivity index (χ3v) is 3.86. The number of benzene rings is 1. The van der Waals surface area contributed by atoms with Gasteiger partial charge in [0, 0.05) is 17.1 Å². The highest BCUT2D eigenvalue weighted by Gasteiger charge is 2.18. The summed E-state index contributed by atoms with van der Waals surface area (Å²) in [4.78, 5) is 0. The van der Waals surface area contributed by atoms with Gasteiger partial charge < -0.3 is 5.32 Å². The molecule has 1 saturated carbocycles. The molecular formula is C14H19N3. The molecule has 0 saturated heterocycles. The van der Waals surface area contributed by atoms with Gasteiger partial charge in [0.1, 0.15) is 0 Å². The van der Waals surface area contributed by atoms with Gasteiger partial charge >= 0.3 is 0 Å². The van der Waals surface area contributed by atoms with E-state index in [1.807, 2.05) is 6.20 Å². The van der Waals surface area contributed by atoms with Crippen LogP contribution in [-0.2, 0) is 0 Å². The number of H-pyrrole nitrogens is 1. The van der Waals surface area contributed by atoms with E-state index in [9.17, 15) is 0 Å². The van der Waals surface area contributed by atoms with Crippen LogP contribution < -0.4 is 5.32 Å². The second-order valence-electron chi connectivity index (χ2n) is 5.24. The molecule has 0 amide bonds. The molecule has 0 radical (unpaired) electrons. The van der Waals surface area contributed by atoms with Crippen molar-refractivity contribution in [3.8, 4) is 0 Å². The van der Waals surface area contributed by atoms with Crippen molar-refractivity contribution in [1.29, 1.82) is 0 Å². The van der Waals surface area contributed by atoms with Crippen LogP contribution in [0.5, 0.6) is 0 Å². The first-order valence-electron chi connectivity index (χ1n) is 6.51. The van der Waals surface area contributed by atoms with Crippen molar-refractivity contribution >= 4 is 16.6 Å². The molecular weight excluding hydrogens is 210 g/mol. The van der Waals surface area contributed by atoms with E-state index in [2.05, 4.69) is 40.6 Å². The number of aromatic nitrogens is 2. The Balaban J connectivity index is 1.78. The van der Waals surface area contributed by atoms with Crippen molar-refractivity contribution in [3.63, 3.8) is 0 Å². The maximum absolute atomic E-state index is 4.10. The largest absolute Gasteiger partial charge is 0.382 e. The van der Waals surface area contributed by atoms with Crippen molar-refractivity contribution in [3.05, 3.63) is 24.4 Å². The van der Waals surface area contributed by atoms with Gasteiger partial charge in [-0.2, -0.15) is 5.10 Å². The predicted molar refractivity (Wildman–Crippen MR) is 71.1 cm³/mol. The van der Waals surface area contributed by atoms with Gasteiger partial charge in [-0.25, -0.2) is 0 Å². The first-order chi connectivity index (χ1) is 8.33. The molecule has 1 heterocycles. The lowest BCUT2D eigenvalue weighted by molar-refractivity contribution is 0.361. The molecule has 0 aliphatic heterocycles. The summed E-state index contributed by atoms with van der Waals surface area (Å²) in [7, 11) is 0. The van der Waals surface area contributed by atoms with Gasteiger partial charge in [0.15, 0.2) is 0 Å². The monoisotopic (exact) mass is 229 g/mol. The number of fused-ring (bicyclic) bond motifs is 1. The fourth-order valence-electron chi connectivity index (χ4n) is 2.72. The summed E-state index contributed by atoms with van der Waals surface area (Å²) in [5, 5.41) is 12.0. The second-order valence-corrected chi connectivity index (χ2v) is 5.24. The molecule has 0 atom stereocenters. The summed E-state index contributed by atoms with van der Waals surface area (Å²) >= 11 is 0. The normalized spacial score (nSPS) is 25.0. The lowest BCUT2D eigenvalue weighted by atomic mass is 9.87. The topological polar surface area (TPSA) is 40.7 Å². The van der Waals surface area contributed by atoms with Gasteiger partial charge in [0.05, 0.1) is 11.7 Å². The zero-order valence-electron chi connectivity index (χ0n) is 10.2. The van der Waals surface area contributed by atoms with Crippen LogP contribution in [0.25, 0.3) is 10.9 Å². The summed E-state index contributed by atoms with van der Waals surface area (Å²) in [5.74, 6) is 0.901. The molecule has 1 aromatic heterocycles. The van der Waals surface area contributed by atoms with Crippen LogP contribution in [0.4, 0.5) is 5.69 Å². The van der Waals surface area contributed by atoms with Crippen molar-refractivity contribution < 1.29 is 0 Å². The Labute approximate surface area is 102 Å². The van der Waals surface area contributed by atoms with E-state index in [4.69, 9.17) is 0 Å². The first-order valence-corrected chi connectivity index (χ1v) is 6.51. The number of anilines is 1. The van der Waals surface area contributed by atoms with Crippen molar-refractivity contribution in [2.45, 2.75) is 38.6 Å². The van der Waals surface area contributed by atoms with Crippen LogP contribution >= 0.6 is 0 Å². The average molecular weight is 229 g/mol. The summed E-state index contributed by atoms with van der Waals surface area (Å²) < 4.78 is 0. The Morgan fingerprint density at radius 2 is 2.06 bits per heavy atom. The van der Waals surface area contributed by atoms with Crippen molar-refractivity contribution in [2.24, 2.45) is 5.92 Å². The van der Waals surface area contributed by atoms with E-state index in [0.717, 1.165) is 11.4 Å². The fraction of sp³-hybridized carbons (Fsp3) is 0.500. The maximum atomic E-state index is 4.10. The molecule has 1 aromatic carbocycles. The van der Waals surface area contributed by atoms with Gasteiger partial charge in [0.2, 0.25) is 0 Å². The molecule has 2 aromatic rings. The molecule has 17 heavy (non-hydrogen) atoms. The molecule has 1 aliphatic carbocycles. The molecule has 3 heteroatoms. The molecule has 0 unspecified atom stereocenters. The van der Waals surface area contributed by atoms with E-state index in [1.54, 1.807) is 0 Å². The smallest absolute Gasteiger partial charge is 0.0671 e. The highest BCUT2D eigenvalue weighted by Crippen LogP contribution is 2.28. The van der Waals surface area contributed by atoms with Gasteiger partial charge in [0.25, 0.3) is 0 Å². The lowest BCUT2D eigenvalue weighted by Gasteiger charge is -2.27. The quantitative estimate of drug-likeness (QED) is 0.826. The van der Waals surface area contributed by atoms with E-state index in [0.29, 0.717) is 6.04 Å². The molecule has 3 nitrogen and oxygen atoms in total. The Morgan fingerprint density at radius 1 is 1.24 bits per heavy atom. The number of hydrogen-bond acceptors (Lipinski definition) is 2. The standard InChI is InChI=1S/C14H19N3/c1-10-5-7-11(8-6-10)16-13-3-2-4-14-12(13)9-15-17-14/h2-4,9-11,16H,5-8H2,1H3,(H,15,17). The summed E-state index contributed by atoms with van der Waals surface area (Å²) in [5.41, 5.74) is 2.33. The summed E-state index contributed by atoms with van der Waals surface area (Å²) in [6.45, 7) is 2.35. The summed E-state index contributed by atoms with van der Waals surface area (Å²) in [6, 6.07) is 6.92. The molecule has 0 bridgehead atoms. The number of nitrogens with zero attached hydrogens (tertiary/aromatic N) is 1. The Bertz CT molecular complexity index is 495. The highest BCUT2D eigenvalue weighted by molar-refractivity contribution is 5.90. The average Bonchev–Trinajstić information content (AvgIpc) is 2.81. The van der Waals surface area contributed by atoms with Crippen molar-refractivity contribution in [1.82, 2.24) is 10.2 Å². The van der Waals surface area contributed by atoms with E-state index in [1.165, 1.54) is 36.8 Å². The zero-order chi connectivity index (χ0) is 11.7. The lowest BCUT2D eigenvalue weighted by Crippen LogP contribution is -2.25. The Morgan fingerprint density at radius 3 is 2.88 bits per heavy atom. The minimum Gasteiger partial charge on any atom is -0.382 e. The number of hydrogen-bond donors (Lipinski definition) is 2. The SMILES string of the molecule is CC1CCC(Nc2cccc3[nH]ncc23)CC1. The van der Waals surface area contributed by atoms with E-state index < -0.39 is 0 Å². The van der Waals surface area contributed by atoms with Crippen molar-refractivity contribution in [2.75, 3.05) is 5.32 Å². The van der Waals surface area contributed by atoms with E-state index in [-0.39, 0.29) is 0 Å². The highest BCUT2D eigenvalue weighted by atomic mass is 15.1. The first kappa shape index (κ1) is 10.6. The maximum Gasteiger partial charge on any atom is 0.0671 e. The van der Waals surface area contributed by atoms with Crippen LogP contribution in [-0.4, -0.2) is 16.2 Å². The minimum atomic E-state index is 0.631. The molecule has 1 fully saturated rings. The Hall–Kier alpha value is -1.51. The number of nitrogens with one attached hydrogen (secondary N) is 2. The number of aromatic amines is 1. The van der Waals surface area contributed by atoms with Crippen LogP contribution in [0.1, 0.15) is 32.6 Å². The molecule has 90 valence electrons. The molecule has 2 N–H and O–H groups in total. The van der Waals surface area contributed by atoms with Gasteiger partial charge in [-0.15, -0.1) is 0 Å². The minimum absolute atomic E-state index is 0.631. The van der Waals surface area contributed by atoms with E-state index >= 15 is 0 Å². The predicted octanol–water partition coefficient (Wildman–Crippen LogP) is 3.55. The molecule has 1 aliphatic rings. The molecule has 0 spiro atoms. The van der Waals surface area contributed by atoms with Gasteiger partial charge in [-0.05, 0) is 43.7 Å².